The lowest BCUT2D eigenvalue weighted by Gasteiger charge is -2.20. The van der Waals surface area contributed by atoms with Gasteiger partial charge in [-0.05, 0) is 29.6 Å². The van der Waals surface area contributed by atoms with E-state index in [9.17, 15) is 0 Å². The predicted octanol–water partition coefficient (Wildman–Crippen LogP) is 3.85. The van der Waals surface area contributed by atoms with Crippen LogP contribution in [0.15, 0.2) is 46.6 Å². The summed E-state index contributed by atoms with van der Waals surface area (Å²) in [4.78, 5) is 2.12. The van der Waals surface area contributed by atoms with E-state index in [2.05, 4.69) is 30.0 Å². The zero-order valence-electron chi connectivity index (χ0n) is 8.37. The van der Waals surface area contributed by atoms with Crippen LogP contribution in [0.5, 0.6) is 0 Å². The van der Waals surface area contributed by atoms with Gasteiger partial charge in [-0.3, -0.25) is 0 Å². The molecule has 0 fully saturated rings. The number of rotatable bonds is 0. The van der Waals surface area contributed by atoms with Crippen molar-refractivity contribution in [3.8, 4) is 0 Å². The number of hydrogen-bond donors (Lipinski definition) is 0. The van der Waals surface area contributed by atoms with Gasteiger partial charge in [0.2, 0.25) is 0 Å². The van der Waals surface area contributed by atoms with Gasteiger partial charge in [-0.1, -0.05) is 32.2 Å². The Morgan fingerprint density at radius 1 is 1.31 bits per heavy atom. The Balaban J connectivity index is 0.000000396. The Morgan fingerprint density at radius 2 is 2.00 bits per heavy atom. The quantitative estimate of drug-likeness (QED) is 0.575. The lowest BCUT2D eigenvalue weighted by molar-refractivity contribution is 0.670. The molecule has 0 aliphatic carbocycles. The summed E-state index contributed by atoms with van der Waals surface area (Å²) in [5.41, 5.74) is 2.40. The first-order valence-electron chi connectivity index (χ1n) is 4.49. The summed E-state index contributed by atoms with van der Waals surface area (Å²) >= 11 is 1.75. The standard InChI is InChI=1S/C9H9NS.C2H6/c1-7-3-4-10-5-6-11-9(10)8(7)2;1-2/h3-6H,1H2,2H3;1-2H3. The van der Waals surface area contributed by atoms with E-state index in [1.54, 1.807) is 11.8 Å². The first kappa shape index (κ1) is 10.2. The third kappa shape index (κ3) is 1.89. The van der Waals surface area contributed by atoms with Gasteiger partial charge in [0.1, 0.15) is 0 Å². The van der Waals surface area contributed by atoms with E-state index in [0.717, 1.165) is 5.57 Å². The van der Waals surface area contributed by atoms with E-state index in [-0.39, 0.29) is 0 Å². The monoisotopic (exact) mass is 193 g/mol. The predicted molar refractivity (Wildman–Crippen MR) is 60.9 cm³/mol. The molecule has 0 aromatic heterocycles. The summed E-state index contributed by atoms with van der Waals surface area (Å²) in [6, 6.07) is 0. The Bertz CT molecular complexity index is 297. The molecule has 0 saturated heterocycles. The highest BCUT2D eigenvalue weighted by atomic mass is 32.2. The van der Waals surface area contributed by atoms with Gasteiger partial charge in [-0.15, -0.1) is 0 Å². The molecule has 2 aliphatic rings. The van der Waals surface area contributed by atoms with Crippen LogP contribution in [0.1, 0.15) is 20.8 Å². The van der Waals surface area contributed by atoms with Crippen LogP contribution in [-0.4, -0.2) is 4.90 Å². The zero-order chi connectivity index (χ0) is 9.84. The molecule has 0 atom stereocenters. The Kier molecular flexibility index (Phi) is 3.43. The molecular weight excluding hydrogens is 178 g/mol. The molecule has 13 heavy (non-hydrogen) atoms. The van der Waals surface area contributed by atoms with Crippen molar-refractivity contribution in [2.45, 2.75) is 20.8 Å². The minimum atomic E-state index is 1.12. The van der Waals surface area contributed by atoms with Gasteiger partial charge in [0.15, 0.2) is 0 Å². The lowest BCUT2D eigenvalue weighted by atomic mass is 10.1. The molecule has 2 heterocycles. The molecule has 0 aromatic carbocycles. The SMILES string of the molecule is C=C1C=CN2C=CSC2=C1C.CC. The van der Waals surface area contributed by atoms with Crippen molar-refractivity contribution in [1.82, 2.24) is 4.90 Å². The summed E-state index contributed by atoms with van der Waals surface area (Å²) in [5.74, 6) is 0. The van der Waals surface area contributed by atoms with E-state index in [4.69, 9.17) is 0 Å². The molecule has 0 unspecified atom stereocenters. The number of nitrogens with zero attached hydrogens (tertiary/aromatic N) is 1. The fourth-order valence-corrected chi connectivity index (χ4v) is 1.99. The Morgan fingerprint density at radius 3 is 2.69 bits per heavy atom. The van der Waals surface area contributed by atoms with Crippen LogP contribution in [0.4, 0.5) is 0 Å². The molecule has 1 nitrogen and oxygen atoms in total. The van der Waals surface area contributed by atoms with Crippen LogP contribution in [0.3, 0.4) is 0 Å². The minimum absolute atomic E-state index is 1.12. The highest BCUT2D eigenvalue weighted by molar-refractivity contribution is 8.06. The molecular formula is C11H15NS. The highest BCUT2D eigenvalue weighted by Crippen LogP contribution is 2.36. The summed E-state index contributed by atoms with van der Waals surface area (Å²) in [7, 11) is 0. The van der Waals surface area contributed by atoms with Crippen molar-refractivity contribution >= 4 is 11.8 Å². The van der Waals surface area contributed by atoms with Crippen LogP contribution in [-0.2, 0) is 0 Å². The molecule has 0 spiro atoms. The molecule has 0 aromatic rings. The first-order chi connectivity index (χ1) is 6.29. The van der Waals surface area contributed by atoms with Crippen LogP contribution < -0.4 is 0 Å². The van der Waals surface area contributed by atoms with Gasteiger partial charge in [-0.25, -0.2) is 0 Å². The first-order valence-corrected chi connectivity index (χ1v) is 5.37. The van der Waals surface area contributed by atoms with E-state index in [0.29, 0.717) is 0 Å². The van der Waals surface area contributed by atoms with Crippen molar-refractivity contribution in [2.24, 2.45) is 0 Å². The zero-order valence-corrected chi connectivity index (χ0v) is 9.19. The van der Waals surface area contributed by atoms with E-state index < -0.39 is 0 Å². The molecule has 0 bridgehead atoms. The second-order valence-electron chi connectivity index (χ2n) is 2.58. The maximum atomic E-state index is 3.94. The summed E-state index contributed by atoms with van der Waals surface area (Å²) in [6.07, 6.45) is 6.14. The summed E-state index contributed by atoms with van der Waals surface area (Å²) in [6.45, 7) is 10.0. The molecule has 0 N–H and O–H groups in total. The molecule has 2 heteroatoms. The number of fused-ring (bicyclic) bond motifs is 1. The summed E-state index contributed by atoms with van der Waals surface area (Å²) in [5, 5.41) is 3.37. The van der Waals surface area contributed by atoms with Crippen LogP contribution in [0.25, 0.3) is 0 Å². The van der Waals surface area contributed by atoms with Gasteiger partial charge in [0.25, 0.3) is 0 Å². The Labute approximate surface area is 84.5 Å². The van der Waals surface area contributed by atoms with Crippen LogP contribution >= 0.6 is 11.8 Å². The molecule has 2 rings (SSSR count). The number of hydrogen-bond acceptors (Lipinski definition) is 2. The molecule has 70 valence electrons. The third-order valence-electron chi connectivity index (χ3n) is 1.87. The molecule has 0 saturated carbocycles. The summed E-state index contributed by atoms with van der Waals surface area (Å²) < 4.78 is 0. The molecule has 2 aliphatic heterocycles. The van der Waals surface area contributed by atoms with Crippen molar-refractivity contribution < 1.29 is 0 Å². The van der Waals surface area contributed by atoms with Gasteiger partial charge < -0.3 is 4.90 Å². The number of thioether (sulfide) groups is 1. The maximum Gasteiger partial charge on any atom is 0.0867 e. The van der Waals surface area contributed by atoms with E-state index >= 15 is 0 Å². The van der Waals surface area contributed by atoms with Gasteiger partial charge >= 0.3 is 0 Å². The fourth-order valence-electron chi connectivity index (χ4n) is 1.12. The minimum Gasteiger partial charge on any atom is -0.317 e. The van der Waals surface area contributed by atoms with Crippen LogP contribution in [0, 0.1) is 0 Å². The normalized spacial score (nSPS) is 18.7. The Hall–Kier alpha value is -0.890. The van der Waals surface area contributed by atoms with E-state index in [1.165, 1.54) is 10.6 Å². The average Bonchev–Trinajstić information content (AvgIpc) is 2.63. The van der Waals surface area contributed by atoms with Gasteiger partial charge in [0.05, 0.1) is 5.03 Å². The van der Waals surface area contributed by atoms with E-state index in [1.807, 2.05) is 26.1 Å². The maximum absolute atomic E-state index is 3.94. The smallest absolute Gasteiger partial charge is 0.0867 e. The van der Waals surface area contributed by atoms with Gasteiger partial charge in [0, 0.05) is 12.4 Å². The second kappa shape index (κ2) is 4.38. The van der Waals surface area contributed by atoms with Crippen LogP contribution in [0.2, 0.25) is 0 Å². The third-order valence-corrected chi connectivity index (χ3v) is 2.87. The molecule has 0 radical (unpaired) electrons. The average molecular weight is 193 g/mol. The fraction of sp³-hybridized carbons (Fsp3) is 0.273. The second-order valence-corrected chi connectivity index (χ2v) is 3.48. The largest absolute Gasteiger partial charge is 0.317 e. The van der Waals surface area contributed by atoms with Gasteiger partial charge in [-0.2, -0.15) is 0 Å². The van der Waals surface area contributed by atoms with Crippen molar-refractivity contribution in [3.05, 3.63) is 46.6 Å². The highest BCUT2D eigenvalue weighted by Gasteiger charge is 2.17. The van der Waals surface area contributed by atoms with Crippen molar-refractivity contribution in [2.75, 3.05) is 0 Å². The van der Waals surface area contributed by atoms with Crippen molar-refractivity contribution in [1.29, 1.82) is 0 Å². The lowest BCUT2D eigenvalue weighted by Crippen LogP contribution is -2.08. The number of allylic oxidation sites excluding steroid dienone is 3. The van der Waals surface area contributed by atoms with Crippen molar-refractivity contribution in [3.63, 3.8) is 0 Å². The molecule has 0 amide bonds. The topological polar surface area (TPSA) is 3.24 Å².